The number of ether oxygens (including phenoxy) is 1. The third-order valence-electron chi connectivity index (χ3n) is 19.2. The maximum atomic E-state index is 15.6. The summed E-state index contributed by atoms with van der Waals surface area (Å²) in [5.41, 5.74) is 1.42. The number of ketones is 3. The van der Waals surface area contributed by atoms with Gasteiger partial charge in [0, 0.05) is 99.8 Å². The van der Waals surface area contributed by atoms with Crippen LogP contribution in [0.5, 0.6) is 0 Å². The van der Waals surface area contributed by atoms with Crippen LogP contribution < -0.4 is 5.32 Å². The van der Waals surface area contributed by atoms with E-state index in [2.05, 4.69) is 5.32 Å². The van der Waals surface area contributed by atoms with Crippen molar-refractivity contribution in [3.05, 3.63) is 29.6 Å². The van der Waals surface area contributed by atoms with Gasteiger partial charge >= 0.3 is 5.97 Å². The number of carbonyl (C=O) groups excluding carboxylic acids is 12. The number of methoxy groups -OCH3 is 1. The van der Waals surface area contributed by atoms with Crippen molar-refractivity contribution in [2.24, 2.45) is 66.2 Å². The molecular weight excluding hydrogens is 1230 g/mol. The highest BCUT2D eigenvalue weighted by Gasteiger charge is 2.46. The summed E-state index contributed by atoms with van der Waals surface area (Å²) in [4.78, 5) is 189. The summed E-state index contributed by atoms with van der Waals surface area (Å²) in [6.45, 7) is 28.0. The number of hydrogen-bond acceptors (Lipinski definition) is 15. The zero-order valence-corrected chi connectivity index (χ0v) is 62.5. The van der Waals surface area contributed by atoms with Crippen LogP contribution in [0.1, 0.15) is 178 Å². The Hall–Kier alpha value is -7.11. The van der Waals surface area contributed by atoms with Crippen LogP contribution in [-0.4, -0.2) is 231 Å². The number of aromatic nitrogens is 2. The minimum absolute atomic E-state index is 0.0559. The van der Waals surface area contributed by atoms with Gasteiger partial charge in [0.2, 0.25) is 47.3 Å². The fourth-order valence-electron chi connectivity index (χ4n) is 13.1. The van der Waals surface area contributed by atoms with Crippen molar-refractivity contribution in [2.45, 2.75) is 217 Å². The third kappa shape index (κ3) is 21.2. The molecule has 24 nitrogen and oxygen atoms in total. The van der Waals surface area contributed by atoms with Crippen LogP contribution in [0.25, 0.3) is 11.0 Å². The van der Waals surface area contributed by atoms with E-state index in [1.54, 1.807) is 78.3 Å². The van der Waals surface area contributed by atoms with E-state index in [9.17, 15) is 43.5 Å². The number of carbonyl (C=O) groups is 12. The number of hydrogen-bond donors (Lipinski definition) is 2. The standard InChI is InChI=1S/C72H118N10O14/c1-26-48-36-59(85)63(64(87)45(14)34-60-74-51-28-27-49(72(95)96-25)35-52(51)76(60)18)82(24)71(94)62(44(12)13)81(23)70(93)56(32-42(8)9)80(22)69(92)55(31-41(6)7)79(21)66(89)47(16)73-65(88)46(15)33-57(83)54(30-40(4)5)78(20)68(91)50(43(10)11)37-58(84)53(29-39(2)3)77(19)61(86)38-75(17)67(48)90/h27-28,35,39-48,50,53-56,62-64,87H,26,29-34,36-38H2,1-25H3,(H,73,88)/t45-,46-,47-,48-,50+,53+,54+,55+,56+,62+,63-,64-/m1/s1. The fourth-order valence-corrected chi connectivity index (χ4v) is 13.1. The average molecular weight is 1350 g/mol. The molecule has 0 radical (unpaired) electrons. The Balaban J connectivity index is 2.35. The predicted molar refractivity (Wildman–Crippen MR) is 368 cm³/mol. The number of likely N-dealkylation sites (N-methyl/N-ethyl adjacent to an activating group) is 7. The fraction of sp³-hybridized carbons (Fsp3) is 0.736. The Morgan fingerprint density at radius 1 is 0.562 bits per heavy atom. The van der Waals surface area contributed by atoms with Gasteiger partial charge in [-0.2, -0.15) is 0 Å². The highest BCUT2D eigenvalue weighted by molar-refractivity contribution is 6.00. The molecule has 8 amide bonds. The van der Waals surface area contributed by atoms with E-state index in [1.165, 1.54) is 92.8 Å². The molecule has 3 rings (SSSR count). The molecule has 0 unspecified atom stereocenters. The first-order chi connectivity index (χ1) is 44.5. The second kappa shape index (κ2) is 36.5. The Kier molecular flexibility index (Phi) is 31.6. The first-order valence-corrected chi connectivity index (χ1v) is 34.4. The summed E-state index contributed by atoms with van der Waals surface area (Å²) < 4.78 is 6.70. The molecule has 2 N–H and O–H groups in total. The van der Waals surface area contributed by atoms with Gasteiger partial charge < -0.3 is 54.0 Å². The number of amides is 8. The van der Waals surface area contributed by atoms with Gasteiger partial charge in [0.1, 0.15) is 36.0 Å². The summed E-state index contributed by atoms with van der Waals surface area (Å²) in [6, 6.07) is -3.63. The van der Waals surface area contributed by atoms with Gasteiger partial charge in [-0.25, -0.2) is 9.78 Å². The van der Waals surface area contributed by atoms with Crippen LogP contribution in [0, 0.1) is 59.2 Å². The number of nitrogens with zero attached hydrogens (tertiary/aromatic N) is 9. The number of imidazole rings is 1. The zero-order chi connectivity index (χ0) is 73.6. The summed E-state index contributed by atoms with van der Waals surface area (Å²) in [6.07, 6.45) is -1.84. The first kappa shape index (κ1) is 83.1. The van der Waals surface area contributed by atoms with Gasteiger partial charge in [-0.05, 0) is 98.7 Å². The lowest BCUT2D eigenvalue weighted by Gasteiger charge is -2.41. The van der Waals surface area contributed by atoms with Gasteiger partial charge in [-0.15, -0.1) is 0 Å². The summed E-state index contributed by atoms with van der Waals surface area (Å²) in [7, 11) is 13.1. The molecule has 1 aliphatic rings. The Morgan fingerprint density at radius 2 is 1.03 bits per heavy atom. The number of rotatable bonds is 16. The number of fused-ring (bicyclic) bond motifs is 1. The van der Waals surface area contributed by atoms with Gasteiger partial charge in [0.05, 0.1) is 48.4 Å². The smallest absolute Gasteiger partial charge is 0.337 e. The minimum atomic E-state index is -1.64. The largest absolute Gasteiger partial charge is 0.465 e. The van der Waals surface area contributed by atoms with Crippen molar-refractivity contribution in [1.29, 1.82) is 0 Å². The molecule has 0 aliphatic carbocycles. The minimum Gasteiger partial charge on any atom is -0.465 e. The van der Waals surface area contributed by atoms with E-state index in [-0.39, 0.29) is 80.6 Å². The summed E-state index contributed by atoms with van der Waals surface area (Å²) in [5, 5.41) is 15.5. The molecule has 2 aromatic rings. The molecule has 0 spiro atoms. The molecule has 1 fully saturated rings. The van der Waals surface area contributed by atoms with Crippen LogP contribution in [-0.2, 0) is 70.9 Å². The first-order valence-electron chi connectivity index (χ1n) is 34.4. The number of Topliss-reactive ketones (excluding diaryl/α,β-unsaturated/α-hetero) is 3. The van der Waals surface area contributed by atoms with E-state index in [0.717, 1.165) is 4.90 Å². The second-order valence-corrected chi connectivity index (χ2v) is 29.7. The van der Waals surface area contributed by atoms with Crippen LogP contribution in [0.15, 0.2) is 18.2 Å². The maximum Gasteiger partial charge on any atom is 0.337 e. The monoisotopic (exact) mass is 1350 g/mol. The Labute approximate surface area is 571 Å². The van der Waals surface area contributed by atoms with E-state index < -0.39 is 167 Å². The maximum absolute atomic E-state index is 15.6. The highest BCUT2D eigenvalue weighted by atomic mass is 16.5. The summed E-state index contributed by atoms with van der Waals surface area (Å²) in [5.74, 6) is -11.8. The lowest BCUT2D eigenvalue weighted by molar-refractivity contribution is -0.157. The number of aliphatic hydroxyl groups is 1. The van der Waals surface area contributed by atoms with Gasteiger partial charge in [0.15, 0.2) is 17.3 Å². The number of aliphatic hydroxyl groups excluding tert-OH is 1. The van der Waals surface area contributed by atoms with Crippen LogP contribution >= 0.6 is 0 Å². The number of esters is 1. The molecule has 1 aliphatic heterocycles. The molecule has 1 aromatic carbocycles. The van der Waals surface area contributed by atoms with E-state index in [4.69, 9.17) is 9.72 Å². The quantitative estimate of drug-likeness (QED) is 0.170. The molecule has 1 saturated heterocycles. The van der Waals surface area contributed by atoms with Crippen molar-refractivity contribution < 1.29 is 67.4 Å². The molecular formula is C72H118N10O14. The van der Waals surface area contributed by atoms with Crippen molar-refractivity contribution in [2.75, 3.05) is 63.0 Å². The van der Waals surface area contributed by atoms with Gasteiger partial charge in [0.25, 0.3) is 0 Å². The lowest BCUT2D eigenvalue weighted by atomic mass is 9.84. The van der Waals surface area contributed by atoms with Crippen LogP contribution in [0.3, 0.4) is 0 Å². The normalized spacial score (nSPS) is 25.3. The Morgan fingerprint density at radius 3 is 1.52 bits per heavy atom. The predicted octanol–water partition coefficient (Wildman–Crippen LogP) is 6.49. The molecule has 2 heterocycles. The molecule has 0 bridgehead atoms. The van der Waals surface area contributed by atoms with E-state index in [0.29, 0.717) is 16.9 Å². The number of aryl methyl sites for hydroxylation is 1. The molecule has 24 heteroatoms. The summed E-state index contributed by atoms with van der Waals surface area (Å²) >= 11 is 0. The van der Waals surface area contributed by atoms with Gasteiger partial charge in [-0.3, -0.25) is 52.7 Å². The van der Waals surface area contributed by atoms with E-state index in [1.807, 2.05) is 55.4 Å². The van der Waals surface area contributed by atoms with Crippen molar-refractivity contribution in [3.63, 3.8) is 0 Å². The molecule has 1 aromatic heterocycles. The average Bonchev–Trinajstić information content (AvgIpc) is 1.46. The number of benzene rings is 1. The van der Waals surface area contributed by atoms with Crippen LogP contribution in [0.4, 0.5) is 0 Å². The molecule has 540 valence electrons. The van der Waals surface area contributed by atoms with Crippen molar-refractivity contribution in [3.8, 4) is 0 Å². The topological polar surface area (TPSA) is 287 Å². The van der Waals surface area contributed by atoms with Crippen molar-refractivity contribution >= 4 is 81.6 Å². The molecule has 12 atom stereocenters. The molecule has 96 heavy (non-hydrogen) atoms. The van der Waals surface area contributed by atoms with E-state index >= 15 is 19.2 Å². The number of nitrogens with one attached hydrogen (secondary N) is 1. The third-order valence-corrected chi connectivity index (χ3v) is 19.2. The molecule has 0 saturated carbocycles. The Bertz CT molecular complexity index is 3080. The van der Waals surface area contributed by atoms with Gasteiger partial charge in [-0.1, -0.05) is 104 Å². The highest BCUT2D eigenvalue weighted by Crippen LogP contribution is 2.30. The SMILES string of the molecule is CC[C@@H]1CC(=O)[C@H]([C@H](O)[C@H](C)Cc2nc3ccc(C(=O)OC)cc3n2C)N(C)C(=O)[C@H](C(C)C)N(C)C(=O)[C@H](CC(C)C)N(C)C(=O)[C@H](CC(C)C)N(C)C(=O)[C@@H](C)NC(=O)[C@H](C)CC(=O)[C@H](CC(C)C)N(C)C(=O)[C@H](C(C)C)CC(=O)[C@H](CC(C)C)N(C)C(=O)CN(C)C1=O. The second-order valence-electron chi connectivity index (χ2n) is 29.7. The van der Waals surface area contributed by atoms with Crippen LogP contribution in [0.2, 0.25) is 0 Å². The zero-order valence-electron chi connectivity index (χ0n) is 62.5. The lowest BCUT2D eigenvalue weighted by Crippen LogP contribution is -2.62. The van der Waals surface area contributed by atoms with Crippen molar-refractivity contribution in [1.82, 2.24) is 49.2 Å².